The highest BCUT2D eigenvalue weighted by Crippen LogP contribution is 2.51. The van der Waals surface area contributed by atoms with Gasteiger partial charge in [-0.15, -0.1) is 11.3 Å². The Kier molecular flexibility index (Phi) is 5.88. The molecule has 3 aromatic rings. The number of hydrogen-bond acceptors (Lipinski definition) is 7. The van der Waals surface area contributed by atoms with Gasteiger partial charge in [0, 0.05) is 17.8 Å². The van der Waals surface area contributed by atoms with Crippen LogP contribution in [0.4, 0.5) is 16.0 Å². The van der Waals surface area contributed by atoms with Crippen LogP contribution >= 0.6 is 11.3 Å². The second-order valence-electron chi connectivity index (χ2n) is 10.6. The van der Waals surface area contributed by atoms with Gasteiger partial charge in [0.25, 0.3) is 0 Å². The Morgan fingerprint density at radius 1 is 1.17 bits per heavy atom. The maximum atomic E-state index is 14.0. The molecule has 2 aliphatic carbocycles. The van der Waals surface area contributed by atoms with Gasteiger partial charge in [-0.25, -0.2) is 19.3 Å². The molecule has 2 fully saturated rings. The Balaban J connectivity index is 1.39. The molecule has 184 valence electrons. The summed E-state index contributed by atoms with van der Waals surface area (Å²) in [5, 5.41) is 24.8. The zero-order chi connectivity index (χ0) is 25.0. The number of anilines is 2. The van der Waals surface area contributed by atoms with E-state index in [4.69, 9.17) is 0 Å². The van der Waals surface area contributed by atoms with Crippen LogP contribution < -0.4 is 5.32 Å². The SMILES string of the molecule is Cc1cc(Nc2ncc(F)c(C3CC3)n2)cc(-c2cnc([C@]3(O)CC[C@@H](C(=O)O)C(C)(C)C3)s2)c1. The first kappa shape index (κ1) is 23.8. The lowest BCUT2D eigenvalue weighted by Gasteiger charge is -2.44. The second-order valence-corrected chi connectivity index (χ2v) is 11.6. The molecule has 0 saturated heterocycles. The first-order valence-electron chi connectivity index (χ1n) is 11.9. The van der Waals surface area contributed by atoms with E-state index in [1.165, 1.54) is 17.5 Å². The summed E-state index contributed by atoms with van der Waals surface area (Å²) in [6.45, 7) is 5.78. The van der Waals surface area contributed by atoms with Crippen LogP contribution in [0.2, 0.25) is 0 Å². The van der Waals surface area contributed by atoms with Crippen molar-refractivity contribution in [3.8, 4) is 10.4 Å². The minimum Gasteiger partial charge on any atom is -0.481 e. The van der Waals surface area contributed by atoms with Gasteiger partial charge in [-0.3, -0.25) is 4.79 Å². The zero-order valence-electron chi connectivity index (χ0n) is 20.0. The van der Waals surface area contributed by atoms with E-state index in [0.717, 1.165) is 34.5 Å². The molecule has 2 saturated carbocycles. The van der Waals surface area contributed by atoms with E-state index in [-0.39, 0.29) is 11.7 Å². The normalized spacial score (nSPS) is 23.7. The van der Waals surface area contributed by atoms with E-state index >= 15 is 0 Å². The van der Waals surface area contributed by atoms with Crippen molar-refractivity contribution in [2.45, 2.75) is 64.4 Å². The number of rotatable bonds is 6. The monoisotopic (exact) mass is 496 g/mol. The second kappa shape index (κ2) is 8.64. The average Bonchev–Trinajstić information content (AvgIpc) is 3.48. The lowest BCUT2D eigenvalue weighted by molar-refractivity contribution is -0.154. The fraction of sp³-hybridized carbons (Fsp3) is 0.462. The first-order chi connectivity index (χ1) is 16.5. The predicted octanol–water partition coefficient (Wildman–Crippen LogP) is 5.77. The lowest BCUT2D eigenvalue weighted by atomic mass is 9.63. The van der Waals surface area contributed by atoms with Gasteiger partial charge in [-0.2, -0.15) is 0 Å². The number of aliphatic hydroxyl groups is 1. The van der Waals surface area contributed by atoms with Crippen LogP contribution in [0, 0.1) is 24.1 Å². The molecule has 0 spiro atoms. The summed E-state index contributed by atoms with van der Waals surface area (Å²) in [6, 6.07) is 5.97. The molecule has 35 heavy (non-hydrogen) atoms. The number of carboxylic acid groups (broad SMARTS) is 1. The van der Waals surface area contributed by atoms with Crippen LogP contribution in [0.15, 0.2) is 30.6 Å². The number of carbonyl (C=O) groups is 1. The highest BCUT2D eigenvalue weighted by molar-refractivity contribution is 7.15. The van der Waals surface area contributed by atoms with E-state index in [2.05, 4.69) is 20.3 Å². The van der Waals surface area contributed by atoms with E-state index < -0.39 is 22.9 Å². The number of aliphatic carboxylic acids is 1. The van der Waals surface area contributed by atoms with E-state index in [1.54, 1.807) is 6.20 Å². The molecule has 1 aromatic carbocycles. The topological polar surface area (TPSA) is 108 Å². The fourth-order valence-corrected chi connectivity index (χ4v) is 6.23. The minimum absolute atomic E-state index is 0.184. The van der Waals surface area contributed by atoms with Crippen LogP contribution in [0.1, 0.15) is 68.1 Å². The fourth-order valence-electron chi connectivity index (χ4n) is 5.21. The van der Waals surface area contributed by atoms with Crippen LogP contribution in [0.3, 0.4) is 0 Å². The molecule has 0 amide bonds. The third-order valence-corrected chi connectivity index (χ3v) is 8.33. The number of carboxylic acids is 1. The van der Waals surface area contributed by atoms with Gasteiger partial charge in [0.05, 0.1) is 22.7 Å². The molecule has 2 aromatic heterocycles. The lowest BCUT2D eigenvalue weighted by Crippen LogP contribution is -2.44. The number of aryl methyl sites for hydroxylation is 1. The molecule has 9 heteroatoms. The largest absolute Gasteiger partial charge is 0.481 e. The number of hydrogen-bond donors (Lipinski definition) is 3. The van der Waals surface area contributed by atoms with Gasteiger partial charge in [0.1, 0.15) is 10.6 Å². The molecular weight excluding hydrogens is 467 g/mol. The van der Waals surface area contributed by atoms with Crippen LogP contribution in [-0.2, 0) is 10.4 Å². The number of aromatic nitrogens is 3. The minimum atomic E-state index is -1.15. The van der Waals surface area contributed by atoms with Gasteiger partial charge in [-0.1, -0.05) is 19.9 Å². The molecule has 7 nitrogen and oxygen atoms in total. The highest BCUT2D eigenvalue weighted by Gasteiger charge is 2.49. The summed E-state index contributed by atoms with van der Waals surface area (Å²) in [7, 11) is 0. The summed E-state index contributed by atoms with van der Waals surface area (Å²) in [4.78, 5) is 25.6. The quantitative estimate of drug-likeness (QED) is 0.398. The number of nitrogens with zero attached hydrogens (tertiary/aromatic N) is 3. The molecule has 0 bridgehead atoms. The van der Waals surface area contributed by atoms with Gasteiger partial charge < -0.3 is 15.5 Å². The van der Waals surface area contributed by atoms with Gasteiger partial charge in [0.15, 0.2) is 5.82 Å². The van der Waals surface area contributed by atoms with Crippen molar-refractivity contribution in [2.24, 2.45) is 11.3 Å². The molecule has 2 heterocycles. The number of nitrogens with one attached hydrogen (secondary N) is 1. The van der Waals surface area contributed by atoms with E-state index in [0.29, 0.717) is 35.9 Å². The van der Waals surface area contributed by atoms with Crippen molar-refractivity contribution in [1.82, 2.24) is 15.0 Å². The molecule has 0 unspecified atom stereocenters. The maximum Gasteiger partial charge on any atom is 0.307 e. The summed E-state index contributed by atoms with van der Waals surface area (Å²) in [5.41, 5.74) is 1.51. The van der Waals surface area contributed by atoms with Crippen molar-refractivity contribution in [2.75, 3.05) is 5.32 Å². The van der Waals surface area contributed by atoms with E-state index in [1.807, 2.05) is 39.0 Å². The summed E-state index contributed by atoms with van der Waals surface area (Å²) >= 11 is 1.42. The van der Waals surface area contributed by atoms with Crippen LogP contribution in [-0.4, -0.2) is 31.1 Å². The number of thiazole rings is 1. The van der Waals surface area contributed by atoms with Crippen molar-refractivity contribution >= 4 is 28.9 Å². The van der Waals surface area contributed by atoms with Gasteiger partial charge >= 0.3 is 5.97 Å². The Hall–Kier alpha value is -2.91. The highest BCUT2D eigenvalue weighted by atomic mass is 32.1. The van der Waals surface area contributed by atoms with Crippen molar-refractivity contribution in [3.05, 3.63) is 52.7 Å². The maximum absolute atomic E-state index is 14.0. The molecule has 0 aliphatic heterocycles. The Bertz CT molecular complexity index is 1290. The summed E-state index contributed by atoms with van der Waals surface area (Å²) in [6.07, 6.45) is 6.00. The standard InChI is InChI=1S/C26H29FN4O3S/c1-14-8-16(10-17(9-14)30-24-29-11-19(27)21(31-24)15-4-5-15)20-12-28-23(35-20)26(34)7-6-18(22(32)33)25(2,3)13-26/h8-12,15,18,34H,4-7,13H2,1-3H3,(H,32,33)(H,29,30,31)/t18-,26-/m0/s1. The number of halogens is 1. The average molecular weight is 497 g/mol. The molecule has 3 N–H and O–H groups in total. The zero-order valence-corrected chi connectivity index (χ0v) is 20.8. The predicted molar refractivity (Wildman–Crippen MR) is 132 cm³/mol. The first-order valence-corrected chi connectivity index (χ1v) is 12.7. The molecule has 2 aliphatic rings. The third kappa shape index (κ3) is 4.79. The number of benzene rings is 1. The van der Waals surface area contributed by atoms with Gasteiger partial charge in [0.2, 0.25) is 5.95 Å². The van der Waals surface area contributed by atoms with Crippen molar-refractivity contribution in [1.29, 1.82) is 0 Å². The Morgan fingerprint density at radius 3 is 2.63 bits per heavy atom. The van der Waals surface area contributed by atoms with Crippen molar-refractivity contribution in [3.63, 3.8) is 0 Å². The smallest absolute Gasteiger partial charge is 0.307 e. The third-order valence-electron chi connectivity index (χ3n) is 7.09. The Morgan fingerprint density at radius 2 is 1.94 bits per heavy atom. The van der Waals surface area contributed by atoms with Crippen LogP contribution in [0.5, 0.6) is 0 Å². The van der Waals surface area contributed by atoms with Crippen LogP contribution in [0.25, 0.3) is 10.4 Å². The van der Waals surface area contributed by atoms with E-state index in [9.17, 15) is 19.4 Å². The molecule has 5 rings (SSSR count). The Labute approximate surface area is 207 Å². The molecule has 0 radical (unpaired) electrons. The van der Waals surface area contributed by atoms with Gasteiger partial charge in [-0.05, 0) is 67.7 Å². The summed E-state index contributed by atoms with van der Waals surface area (Å²) < 4.78 is 14.0. The molecule has 2 atom stereocenters. The van der Waals surface area contributed by atoms with Crippen molar-refractivity contribution < 1.29 is 19.4 Å². The molecular formula is C26H29FN4O3S. The summed E-state index contributed by atoms with van der Waals surface area (Å²) in [5.74, 6) is -1.11.